The molecule has 1 aliphatic rings. The third kappa shape index (κ3) is 51.0. The van der Waals surface area contributed by atoms with E-state index in [0.717, 1.165) is 73.9 Å². The van der Waals surface area contributed by atoms with E-state index in [1.807, 2.05) is 0 Å². The second-order valence-corrected chi connectivity index (χ2v) is 26.7. The molecule has 3 rings (SSSR count). The zero-order valence-electron chi connectivity index (χ0n) is 59.2. The molecule has 2 nitrogen and oxygen atoms in total. The molecule has 0 saturated carbocycles. The summed E-state index contributed by atoms with van der Waals surface area (Å²) in [5, 5.41) is 0. The van der Waals surface area contributed by atoms with Crippen LogP contribution in [-0.2, 0) is 29.3 Å². The van der Waals surface area contributed by atoms with Crippen LogP contribution in [0.4, 0.5) is 0 Å². The molecule has 0 N–H and O–H groups in total. The molecular weight excluding hydrogens is 1100 g/mol. The molecule has 0 radical (unpaired) electrons. The van der Waals surface area contributed by atoms with Crippen molar-refractivity contribution in [2.75, 3.05) is 0 Å². The summed E-state index contributed by atoms with van der Waals surface area (Å²) in [7, 11) is 0. The molecule has 0 aliphatic carbocycles. The van der Waals surface area contributed by atoms with Crippen molar-refractivity contribution in [1.29, 1.82) is 0 Å². The molecule has 1 heterocycles. The van der Waals surface area contributed by atoms with E-state index < -0.39 is 0 Å². The Balaban J connectivity index is 0.00000128. The van der Waals surface area contributed by atoms with Crippen molar-refractivity contribution < 1.29 is 21.2 Å². The number of aryl methyl sites for hydroxylation is 2. The van der Waals surface area contributed by atoms with Gasteiger partial charge in [-0.05, 0) is 67.9 Å². The minimum absolute atomic E-state index is 0. The summed E-state index contributed by atoms with van der Waals surface area (Å²) in [6.45, 7) is 19.1. The monoisotopic (exact) mass is 1240 g/mol. The third-order valence-electron chi connectivity index (χ3n) is 18.4. The van der Waals surface area contributed by atoms with Gasteiger partial charge in [0, 0.05) is 22.8 Å². The topological polar surface area (TPSA) is 25.3 Å². The van der Waals surface area contributed by atoms with Gasteiger partial charge in [0.25, 0.3) is 0 Å². The third-order valence-corrected chi connectivity index (χ3v) is 18.4. The van der Waals surface area contributed by atoms with Crippen molar-refractivity contribution >= 4 is 11.4 Å². The first-order chi connectivity index (χ1) is 42.5. The number of benzene rings is 2. The van der Waals surface area contributed by atoms with Crippen molar-refractivity contribution in [3.63, 3.8) is 0 Å². The van der Waals surface area contributed by atoms with Gasteiger partial charge in [-0.25, -0.2) is 4.70 Å². The van der Waals surface area contributed by atoms with E-state index in [4.69, 9.17) is 0 Å². The Morgan fingerprint density at radius 2 is 0.690 bits per heavy atom. The van der Waals surface area contributed by atoms with Crippen LogP contribution in [0.1, 0.15) is 423 Å². The SMILES string of the molecule is CCCC=CCCc1ccccc1C1=CC(CCCCC)=C(c2cccc(CC)c2)[N+]1=[N-].[CH2-]CCCCCCCCCCCCCCCCCCCCCCCCCC.[CH2-]CCCCCCCCCCCCCCCCCCCCCCCCCC.[Ni+2]. The van der Waals surface area contributed by atoms with Crippen LogP contribution in [0.3, 0.4) is 0 Å². The molecule has 87 heavy (non-hydrogen) atoms. The van der Waals surface area contributed by atoms with Crippen LogP contribution < -0.4 is 0 Å². The Morgan fingerprint density at radius 1 is 0.356 bits per heavy atom. The summed E-state index contributed by atoms with van der Waals surface area (Å²) in [6, 6.07) is 17.1. The van der Waals surface area contributed by atoms with Crippen molar-refractivity contribution in [2.45, 2.75) is 413 Å². The Kier molecular flexibility index (Phi) is 66.4. The number of nitrogens with zero attached hydrogens (tertiary/aromatic N) is 2. The second-order valence-electron chi connectivity index (χ2n) is 26.7. The fourth-order valence-electron chi connectivity index (χ4n) is 12.7. The van der Waals surface area contributed by atoms with Gasteiger partial charge in [-0.3, -0.25) is 0 Å². The number of hydrogen-bond acceptors (Lipinski definition) is 0. The Morgan fingerprint density at radius 3 is 1.03 bits per heavy atom. The molecule has 0 atom stereocenters. The van der Waals surface area contributed by atoms with Crippen molar-refractivity contribution in [3.8, 4) is 0 Å². The maximum absolute atomic E-state index is 11.4. The second kappa shape index (κ2) is 68.1. The van der Waals surface area contributed by atoms with Crippen LogP contribution in [0.5, 0.6) is 0 Å². The van der Waals surface area contributed by atoms with E-state index in [0.29, 0.717) is 0 Å². The first-order valence-electron chi connectivity index (χ1n) is 38.9. The van der Waals surface area contributed by atoms with E-state index in [2.05, 4.69) is 115 Å². The van der Waals surface area contributed by atoms with Gasteiger partial charge in [0.2, 0.25) is 11.4 Å². The first kappa shape index (κ1) is 84.8. The van der Waals surface area contributed by atoms with Crippen molar-refractivity contribution in [3.05, 3.63) is 114 Å². The average molecular weight is 1240 g/mol. The average Bonchev–Trinajstić information content (AvgIpc) is 2.16. The molecule has 2 aromatic rings. The number of unbranched alkanes of at least 4 members (excludes halogenated alkanes) is 51. The smallest absolute Gasteiger partial charge is 0.493 e. The van der Waals surface area contributed by atoms with Gasteiger partial charge in [0.05, 0.1) is 0 Å². The summed E-state index contributed by atoms with van der Waals surface area (Å²) >= 11 is 0. The first-order valence-corrected chi connectivity index (χ1v) is 38.9. The normalized spacial score (nSPS) is 12.2. The molecule has 0 unspecified atom stereocenters. The fourth-order valence-corrected chi connectivity index (χ4v) is 12.7. The van der Waals surface area contributed by atoms with E-state index in [1.54, 1.807) is 0 Å². The van der Waals surface area contributed by atoms with Gasteiger partial charge in [0.1, 0.15) is 0 Å². The van der Waals surface area contributed by atoms with Crippen molar-refractivity contribution in [1.82, 2.24) is 0 Å². The van der Waals surface area contributed by atoms with Crippen LogP contribution in [0, 0.1) is 13.8 Å². The van der Waals surface area contributed by atoms with Crippen LogP contribution in [0.15, 0.2) is 72.3 Å². The predicted molar refractivity (Wildman–Crippen MR) is 390 cm³/mol. The maximum Gasteiger partial charge on any atom is 2.00 e. The van der Waals surface area contributed by atoms with E-state index in [9.17, 15) is 5.53 Å². The van der Waals surface area contributed by atoms with Crippen LogP contribution >= 0.6 is 0 Å². The Hall–Kier alpha value is -2.25. The summed E-state index contributed by atoms with van der Waals surface area (Å²) in [5.74, 6) is 0. The molecular formula is C84H148N2Ni. The van der Waals surface area contributed by atoms with Crippen LogP contribution in [0.25, 0.3) is 16.9 Å². The zero-order valence-corrected chi connectivity index (χ0v) is 60.2. The van der Waals surface area contributed by atoms with Gasteiger partial charge >= 0.3 is 16.5 Å². The quantitative estimate of drug-likeness (QED) is 0.0207. The largest absolute Gasteiger partial charge is 2.00 e. The molecule has 0 spiro atoms. The van der Waals surface area contributed by atoms with Gasteiger partial charge in [-0.15, -0.1) is 0 Å². The standard InChI is InChI=1S/C30H38N2.2C27H55.Ni/c1-4-7-9-10-12-17-25-18-13-14-21-28(25)29-23-27(19-11-8-5-2)30(32(29)31)26-20-15-16-24(6-3)22-26;2*1-3-5-7-9-11-13-15-17-19-21-23-25-27-26-24-22-20-18-16-14-12-10-8-6-4-2;/h9-10,13-16,18,20-23H,4-8,11-12,17,19H2,1-3H3;2*1,3-27H2,2H3;/q;2*-1;+2. The minimum atomic E-state index is 0. The van der Waals surface area contributed by atoms with Gasteiger partial charge in [0.15, 0.2) is 0 Å². The number of hydrogen-bond donors (Lipinski definition) is 0. The summed E-state index contributed by atoms with van der Waals surface area (Å²) < 4.78 is 1.45. The maximum atomic E-state index is 11.4. The molecule has 0 aromatic heterocycles. The zero-order chi connectivity index (χ0) is 62.1. The minimum Gasteiger partial charge on any atom is -0.493 e. The molecule has 504 valence electrons. The van der Waals surface area contributed by atoms with Crippen molar-refractivity contribution in [2.24, 2.45) is 0 Å². The molecule has 3 heteroatoms. The van der Waals surface area contributed by atoms with Crippen LogP contribution in [-0.4, -0.2) is 4.70 Å². The Bertz CT molecular complexity index is 1740. The van der Waals surface area contributed by atoms with Gasteiger partial charge in [-0.1, -0.05) is 405 Å². The van der Waals surface area contributed by atoms with E-state index in [1.165, 1.54) is 349 Å². The molecule has 1 aliphatic heterocycles. The van der Waals surface area contributed by atoms with E-state index in [-0.39, 0.29) is 16.5 Å². The predicted octanol–water partition coefficient (Wildman–Crippen LogP) is 30.1. The molecule has 0 fully saturated rings. The number of allylic oxidation sites excluding steroid dienone is 4. The molecule has 2 aromatic carbocycles. The summed E-state index contributed by atoms with van der Waals surface area (Å²) in [4.78, 5) is 0. The fraction of sp³-hybridized carbons (Fsp3) is 0.762. The molecule has 0 bridgehead atoms. The Labute approximate surface area is 556 Å². The summed E-state index contributed by atoms with van der Waals surface area (Å²) in [6.07, 6.45) is 89.2. The molecule has 0 saturated heterocycles. The van der Waals surface area contributed by atoms with Crippen LogP contribution in [0.2, 0.25) is 0 Å². The van der Waals surface area contributed by atoms with Gasteiger partial charge in [-0.2, -0.15) is 12.8 Å². The molecule has 0 amide bonds. The van der Waals surface area contributed by atoms with Gasteiger partial charge < -0.3 is 19.4 Å². The van der Waals surface area contributed by atoms with E-state index >= 15 is 0 Å². The number of rotatable bonds is 60. The summed E-state index contributed by atoms with van der Waals surface area (Å²) in [5.41, 5.74) is 19.3.